The summed E-state index contributed by atoms with van der Waals surface area (Å²) in [6.45, 7) is 7.57. The monoisotopic (exact) mass is 357 g/mol. The topological polar surface area (TPSA) is 85.3 Å². The van der Waals surface area contributed by atoms with Gasteiger partial charge in [-0.15, -0.1) is 0 Å². The van der Waals surface area contributed by atoms with Gasteiger partial charge < -0.3 is 19.3 Å². The van der Waals surface area contributed by atoms with Crippen molar-refractivity contribution in [1.82, 2.24) is 4.90 Å². The highest BCUT2D eigenvalue weighted by atomic mass is 16.7. The minimum absolute atomic E-state index is 0.00887. The number of aliphatic hydroxyl groups is 1. The van der Waals surface area contributed by atoms with Crippen molar-refractivity contribution in [1.29, 1.82) is 0 Å². The minimum Gasteiger partial charge on any atom is -0.458 e. The van der Waals surface area contributed by atoms with Crippen LogP contribution in [0.3, 0.4) is 0 Å². The molecule has 1 aliphatic heterocycles. The predicted octanol–water partition coefficient (Wildman–Crippen LogP) is 1.47. The summed E-state index contributed by atoms with van der Waals surface area (Å²) >= 11 is 0. The molecule has 5 atom stereocenters. The molecule has 0 aromatic heterocycles. The van der Waals surface area contributed by atoms with Crippen molar-refractivity contribution < 1.29 is 28.9 Å². The maximum Gasteiger partial charge on any atom is 0.323 e. The van der Waals surface area contributed by atoms with Crippen LogP contribution in [0.4, 0.5) is 0 Å². The van der Waals surface area contributed by atoms with Crippen LogP contribution in [0.25, 0.3) is 0 Å². The number of nitrogens with zero attached hydrogens (tertiary/aromatic N) is 1. The number of esters is 2. The molecule has 7 nitrogen and oxygen atoms in total. The zero-order valence-corrected chi connectivity index (χ0v) is 16.1. The molecule has 7 heteroatoms. The fourth-order valence-corrected chi connectivity index (χ4v) is 3.64. The van der Waals surface area contributed by atoms with Gasteiger partial charge in [0, 0.05) is 13.3 Å². The summed E-state index contributed by atoms with van der Waals surface area (Å²) in [5.74, 6) is -0.730. The van der Waals surface area contributed by atoms with Gasteiger partial charge >= 0.3 is 11.9 Å². The van der Waals surface area contributed by atoms with Gasteiger partial charge in [0.2, 0.25) is 0 Å². The second-order valence-electron chi connectivity index (χ2n) is 8.65. The quantitative estimate of drug-likeness (QED) is 0.746. The third kappa shape index (κ3) is 4.71. The summed E-state index contributed by atoms with van der Waals surface area (Å²) in [7, 11) is 3.72. The minimum atomic E-state index is -1.18. The number of hydrogen-bond acceptors (Lipinski definition) is 7. The maximum atomic E-state index is 12.7. The van der Waals surface area contributed by atoms with Gasteiger partial charge in [0.05, 0.1) is 0 Å². The molecule has 0 amide bonds. The third-order valence-electron chi connectivity index (χ3n) is 4.88. The zero-order chi connectivity index (χ0) is 19.0. The molecule has 2 bridgehead atoms. The SMILES string of the molecule is CC(=O)OC12CCC(OC(=O)C(CC(C)(C)C)N(C)C)C(C1)OC2O. The number of hydrogen-bond donors (Lipinski definition) is 1. The second kappa shape index (κ2) is 7.21. The van der Waals surface area contributed by atoms with E-state index in [1.807, 2.05) is 19.0 Å². The Kier molecular flexibility index (Phi) is 5.81. The van der Waals surface area contributed by atoms with Crippen molar-refractivity contribution >= 4 is 11.9 Å². The summed E-state index contributed by atoms with van der Waals surface area (Å²) in [5.41, 5.74) is -1.02. The van der Waals surface area contributed by atoms with E-state index in [0.29, 0.717) is 25.7 Å². The van der Waals surface area contributed by atoms with Crippen LogP contribution < -0.4 is 0 Å². The van der Waals surface area contributed by atoms with Crippen molar-refractivity contribution in [3.05, 3.63) is 0 Å². The van der Waals surface area contributed by atoms with Crippen LogP contribution in [0.5, 0.6) is 0 Å². The molecule has 2 fully saturated rings. The Labute approximate surface area is 149 Å². The first-order valence-corrected chi connectivity index (χ1v) is 8.83. The van der Waals surface area contributed by atoms with E-state index in [4.69, 9.17) is 14.2 Å². The Morgan fingerprint density at radius 2 is 2.00 bits per heavy atom. The molecule has 25 heavy (non-hydrogen) atoms. The molecule has 1 saturated carbocycles. The Balaban J connectivity index is 2.02. The molecule has 0 aromatic carbocycles. The van der Waals surface area contributed by atoms with E-state index in [2.05, 4.69) is 20.8 Å². The summed E-state index contributed by atoms with van der Waals surface area (Å²) < 4.78 is 16.6. The summed E-state index contributed by atoms with van der Waals surface area (Å²) in [6, 6.07) is -0.341. The molecule has 1 N–H and O–H groups in total. The van der Waals surface area contributed by atoms with Gasteiger partial charge in [0.1, 0.15) is 18.2 Å². The fraction of sp³-hybridized carbons (Fsp3) is 0.889. The Hall–Kier alpha value is -1.18. The van der Waals surface area contributed by atoms with E-state index in [0.717, 1.165) is 0 Å². The molecular formula is C18H31NO6. The molecule has 0 radical (unpaired) electrons. The summed E-state index contributed by atoms with van der Waals surface area (Å²) in [5, 5.41) is 10.2. The van der Waals surface area contributed by atoms with Crippen LogP contribution in [0.15, 0.2) is 0 Å². The highest BCUT2D eigenvalue weighted by Crippen LogP contribution is 2.44. The van der Waals surface area contributed by atoms with Crippen LogP contribution >= 0.6 is 0 Å². The molecule has 2 rings (SSSR count). The molecule has 5 unspecified atom stereocenters. The Morgan fingerprint density at radius 1 is 1.36 bits per heavy atom. The fourth-order valence-electron chi connectivity index (χ4n) is 3.64. The van der Waals surface area contributed by atoms with Gasteiger partial charge in [0.25, 0.3) is 0 Å². The van der Waals surface area contributed by atoms with Crippen LogP contribution in [0.1, 0.15) is 53.4 Å². The lowest BCUT2D eigenvalue weighted by molar-refractivity contribution is -0.196. The van der Waals surface area contributed by atoms with E-state index in [9.17, 15) is 14.7 Å². The van der Waals surface area contributed by atoms with E-state index in [1.54, 1.807) is 0 Å². The smallest absolute Gasteiger partial charge is 0.323 e. The van der Waals surface area contributed by atoms with Crippen LogP contribution in [0, 0.1) is 5.41 Å². The highest BCUT2D eigenvalue weighted by Gasteiger charge is 2.57. The van der Waals surface area contributed by atoms with E-state index in [1.165, 1.54) is 6.92 Å². The number of ether oxygens (including phenoxy) is 3. The van der Waals surface area contributed by atoms with Crippen LogP contribution in [0.2, 0.25) is 0 Å². The number of fused-ring (bicyclic) bond motifs is 2. The van der Waals surface area contributed by atoms with E-state index < -0.39 is 30.1 Å². The maximum absolute atomic E-state index is 12.7. The average Bonchev–Trinajstić information content (AvgIpc) is 2.70. The predicted molar refractivity (Wildman–Crippen MR) is 90.7 cm³/mol. The molecule has 144 valence electrons. The molecule has 1 heterocycles. The van der Waals surface area contributed by atoms with Crippen molar-refractivity contribution in [3.8, 4) is 0 Å². The molecule has 1 aliphatic carbocycles. The first-order chi connectivity index (χ1) is 11.4. The van der Waals surface area contributed by atoms with Gasteiger partial charge in [-0.1, -0.05) is 20.8 Å². The van der Waals surface area contributed by atoms with Crippen LogP contribution in [-0.4, -0.2) is 66.2 Å². The van der Waals surface area contributed by atoms with Gasteiger partial charge in [-0.3, -0.25) is 14.5 Å². The standard InChI is InChI=1S/C18H31NO6/c1-11(20)25-18-8-7-13(14(10-18)24-16(18)22)23-15(21)12(19(5)6)9-17(2,3)4/h12-14,16,22H,7-10H2,1-6H3. The van der Waals surface area contributed by atoms with Crippen molar-refractivity contribution in [3.63, 3.8) is 0 Å². The molecule has 0 spiro atoms. The molecule has 2 aliphatic rings. The van der Waals surface area contributed by atoms with Crippen molar-refractivity contribution in [2.24, 2.45) is 5.41 Å². The van der Waals surface area contributed by atoms with Crippen molar-refractivity contribution in [2.75, 3.05) is 14.1 Å². The third-order valence-corrected chi connectivity index (χ3v) is 4.88. The average molecular weight is 357 g/mol. The molecule has 0 aromatic rings. The molecular weight excluding hydrogens is 326 g/mol. The highest BCUT2D eigenvalue weighted by molar-refractivity contribution is 5.76. The number of carbonyl (C=O) groups excluding carboxylic acids is 2. The van der Waals surface area contributed by atoms with Gasteiger partial charge in [-0.05, 0) is 38.8 Å². The summed E-state index contributed by atoms with van der Waals surface area (Å²) in [4.78, 5) is 25.9. The Bertz CT molecular complexity index is 514. The van der Waals surface area contributed by atoms with Gasteiger partial charge in [-0.25, -0.2) is 0 Å². The van der Waals surface area contributed by atoms with E-state index in [-0.39, 0.29) is 17.4 Å². The largest absolute Gasteiger partial charge is 0.458 e. The van der Waals surface area contributed by atoms with E-state index >= 15 is 0 Å². The first kappa shape index (κ1) is 20.1. The lowest BCUT2D eigenvalue weighted by atomic mass is 9.83. The first-order valence-electron chi connectivity index (χ1n) is 8.83. The van der Waals surface area contributed by atoms with Crippen molar-refractivity contribution in [2.45, 2.75) is 83.5 Å². The molecule has 1 saturated heterocycles. The second-order valence-corrected chi connectivity index (χ2v) is 8.65. The zero-order valence-electron chi connectivity index (χ0n) is 16.1. The summed E-state index contributed by atoms with van der Waals surface area (Å²) in [6.07, 6.45) is -0.135. The number of rotatable bonds is 5. The van der Waals surface area contributed by atoms with Gasteiger partial charge in [-0.2, -0.15) is 0 Å². The van der Waals surface area contributed by atoms with Crippen LogP contribution in [-0.2, 0) is 23.8 Å². The normalized spacial score (nSPS) is 33.2. The lowest BCUT2D eigenvalue weighted by Crippen LogP contribution is -2.47. The number of likely N-dealkylation sites (N-methyl/N-ethyl adjacent to an activating group) is 1. The van der Waals surface area contributed by atoms with Gasteiger partial charge in [0.15, 0.2) is 11.9 Å². The Morgan fingerprint density at radius 3 is 2.52 bits per heavy atom. The number of carbonyl (C=O) groups is 2. The number of aliphatic hydroxyl groups excluding tert-OH is 1. The lowest BCUT2D eigenvalue weighted by Gasteiger charge is -2.36.